The van der Waals surface area contributed by atoms with Gasteiger partial charge in [0.1, 0.15) is 0 Å². The first kappa shape index (κ1) is 14.5. The van der Waals surface area contributed by atoms with E-state index < -0.39 is 0 Å². The predicted molar refractivity (Wildman–Crippen MR) is 77.9 cm³/mol. The second kappa shape index (κ2) is 7.00. The molecule has 98 valence electrons. The van der Waals surface area contributed by atoms with E-state index in [4.69, 9.17) is 0 Å². The summed E-state index contributed by atoms with van der Waals surface area (Å²) in [5.74, 6) is 0. The highest BCUT2D eigenvalue weighted by Gasteiger charge is 2.17. The number of nitrogens with one attached hydrogen (secondary N) is 1. The van der Waals surface area contributed by atoms with Crippen LogP contribution in [-0.4, -0.2) is 11.5 Å². The van der Waals surface area contributed by atoms with Crippen LogP contribution >= 0.6 is 11.3 Å². The van der Waals surface area contributed by atoms with Crippen molar-refractivity contribution in [2.45, 2.75) is 59.8 Å². The van der Waals surface area contributed by atoms with Crippen molar-refractivity contribution in [3.63, 3.8) is 0 Å². The summed E-state index contributed by atoms with van der Waals surface area (Å²) in [5, 5.41) is 6.69. The molecule has 0 saturated heterocycles. The van der Waals surface area contributed by atoms with Crippen LogP contribution in [0.25, 0.3) is 0 Å². The summed E-state index contributed by atoms with van der Waals surface area (Å²) in [6, 6.07) is 0. The number of hydrogen-bond acceptors (Lipinski definition) is 3. The molecule has 1 heterocycles. The van der Waals surface area contributed by atoms with Crippen molar-refractivity contribution in [3.05, 3.63) is 11.1 Å². The van der Waals surface area contributed by atoms with E-state index >= 15 is 0 Å². The molecule has 1 N–H and O–H groups in total. The molecule has 0 atom stereocenters. The molecule has 1 aromatic rings. The number of nitrogens with zero attached hydrogens (tertiary/aromatic N) is 1. The average Bonchev–Trinajstić information content (AvgIpc) is 2.75. The maximum absolute atomic E-state index is 4.54. The number of anilines is 1. The van der Waals surface area contributed by atoms with Crippen LogP contribution in [0, 0.1) is 5.41 Å². The Labute approximate surface area is 110 Å². The summed E-state index contributed by atoms with van der Waals surface area (Å²) in [5.41, 5.74) is 1.56. The van der Waals surface area contributed by atoms with Crippen LogP contribution < -0.4 is 5.32 Å². The van der Waals surface area contributed by atoms with Gasteiger partial charge < -0.3 is 5.32 Å². The minimum atomic E-state index is 0.368. The molecular weight excluding hydrogens is 228 g/mol. The zero-order chi connectivity index (χ0) is 12.7. The molecule has 0 bridgehead atoms. The van der Waals surface area contributed by atoms with Gasteiger partial charge in [0.15, 0.2) is 5.13 Å². The molecule has 0 saturated carbocycles. The fourth-order valence-electron chi connectivity index (χ4n) is 1.81. The lowest BCUT2D eigenvalue weighted by molar-refractivity contribution is 0.342. The molecule has 0 radical (unpaired) electrons. The first-order chi connectivity index (χ1) is 8.07. The van der Waals surface area contributed by atoms with Gasteiger partial charge in [-0.25, -0.2) is 4.98 Å². The molecule has 0 fully saturated rings. The summed E-state index contributed by atoms with van der Waals surface area (Å²) in [6.45, 7) is 10.1. The van der Waals surface area contributed by atoms with E-state index in [1.165, 1.54) is 31.4 Å². The van der Waals surface area contributed by atoms with Gasteiger partial charge in [-0.05, 0) is 18.3 Å². The van der Waals surface area contributed by atoms with E-state index in [9.17, 15) is 0 Å². The molecule has 0 unspecified atom stereocenters. The van der Waals surface area contributed by atoms with Gasteiger partial charge in [0.25, 0.3) is 0 Å². The van der Waals surface area contributed by atoms with Gasteiger partial charge in [-0.3, -0.25) is 0 Å². The Morgan fingerprint density at radius 1 is 1.29 bits per heavy atom. The van der Waals surface area contributed by atoms with Crippen LogP contribution in [0.5, 0.6) is 0 Å². The van der Waals surface area contributed by atoms with Gasteiger partial charge in [-0.1, -0.05) is 47.0 Å². The van der Waals surface area contributed by atoms with Gasteiger partial charge in [-0.2, -0.15) is 0 Å². The van der Waals surface area contributed by atoms with Crippen LogP contribution in [0.3, 0.4) is 0 Å². The number of aromatic nitrogens is 1. The molecule has 1 rings (SSSR count). The Hall–Kier alpha value is -0.570. The number of unbranched alkanes of at least 4 members (excludes halogenated alkanes) is 2. The Bertz CT molecular complexity index is 318. The molecule has 0 aliphatic carbocycles. The molecule has 0 amide bonds. The Morgan fingerprint density at radius 2 is 2.06 bits per heavy atom. The number of aryl methyl sites for hydroxylation is 1. The number of rotatable bonds is 8. The minimum absolute atomic E-state index is 0.368. The summed E-state index contributed by atoms with van der Waals surface area (Å²) in [4.78, 5) is 4.54. The van der Waals surface area contributed by atoms with E-state index in [0.29, 0.717) is 5.41 Å². The Morgan fingerprint density at radius 3 is 2.65 bits per heavy atom. The standard InChI is InChI=1S/C14H26N2S/c1-5-7-8-9-14(3,4)11-15-13-16-12(6-2)10-17-13/h10H,5-9,11H2,1-4H3,(H,15,16). The van der Waals surface area contributed by atoms with Crippen LogP contribution in [0.1, 0.15) is 59.1 Å². The van der Waals surface area contributed by atoms with Crippen molar-refractivity contribution in [1.82, 2.24) is 4.98 Å². The largest absolute Gasteiger partial charge is 0.361 e. The molecule has 0 aliphatic rings. The molecule has 0 aliphatic heterocycles. The van der Waals surface area contributed by atoms with Crippen molar-refractivity contribution < 1.29 is 0 Å². The lowest BCUT2D eigenvalue weighted by Gasteiger charge is -2.24. The quantitative estimate of drug-likeness (QED) is 0.679. The van der Waals surface area contributed by atoms with Crippen LogP contribution in [0.2, 0.25) is 0 Å². The van der Waals surface area contributed by atoms with Gasteiger partial charge >= 0.3 is 0 Å². The first-order valence-corrected chi connectivity index (χ1v) is 7.63. The normalized spacial score (nSPS) is 11.8. The first-order valence-electron chi connectivity index (χ1n) is 6.75. The third-order valence-corrected chi connectivity index (χ3v) is 3.94. The molecular formula is C14H26N2S. The molecule has 0 aromatic carbocycles. The highest BCUT2D eigenvalue weighted by atomic mass is 32.1. The average molecular weight is 254 g/mol. The van der Waals surface area contributed by atoms with Crippen molar-refractivity contribution in [1.29, 1.82) is 0 Å². The van der Waals surface area contributed by atoms with Crippen molar-refractivity contribution >= 4 is 16.5 Å². The SMILES string of the molecule is CCCCCC(C)(C)CNc1nc(CC)cs1. The topological polar surface area (TPSA) is 24.9 Å². The summed E-state index contributed by atoms with van der Waals surface area (Å²) in [6.07, 6.45) is 6.30. The van der Waals surface area contributed by atoms with Crippen LogP contribution in [0.15, 0.2) is 5.38 Å². The molecule has 17 heavy (non-hydrogen) atoms. The minimum Gasteiger partial charge on any atom is -0.361 e. The monoisotopic (exact) mass is 254 g/mol. The van der Waals surface area contributed by atoms with E-state index in [1.54, 1.807) is 11.3 Å². The smallest absolute Gasteiger partial charge is 0.182 e. The van der Waals surface area contributed by atoms with Crippen LogP contribution in [0.4, 0.5) is 5.13 Å². The van der Waals surface area contributed by atoms with Gasteiger partial charge in [0.05, 0.1) is 5.69 Å². The molecule has 3 heteroatoms. The summed E-state index contributed by atoms with van der Waals surface area (Å²) < 4.78 is 0. The molecule has 0 spiro atoms. The van der Waals surface area contributed by atoms with E-state index in [2.05, 4.69) is 43.4 Å². The van der Waals surface area contributed by atoms with E-state index in [0.717, 1.165) is 18.1 Å². The van der Waals surface area contributed by atoms with Crippen molar-refractivity contribution in [2.75, 3.05) is 11.9 Å². The zero-order valence-corrected chi connectivity index (χ0v) is 12.5. The van der Waals surface area contributed by atoms with E-state index in [-0.39, 0.29) is 0 Å². The maximum Gasteiger partial charge on any atom is 0.182 e. The third-order valence-electron chi connectivity index (χ3n) is 3.09. The maximum atomic E-state index is 4.54. The summed E-state index contributed by atoms with van der Waals surface area (Å²) in [7, 11) is 0. The van der Waals surface area contributed by atoms with Crippen molar-refractivity contribution in [3.8, 4) is 0 Å². The zero-order valence-electron chi connectivity index (χ0n) is 11.7. The second-order valence-electron chi connectivity index (χ2n) is 5.47. The third kappa shape index (κ3) is 5.53. The number of hydrogen-bond donors (Lipinski definition) is 1. The van der Waals surface area contributed by atoms with E-state index in [1.807, 2.05) is 0 Å². The predicted octanol–water partition coefficient (Wildman–Crippen LogP) is 4.72. The highest BCUT2D eigenvalue weighted by Crippen LogP contribution is 2.25. The Balaban J connectivity index is 2.32. The molecule has 1 aromatic heterocycles. The fraction of sp³-hybridized carbons (Fsp3) is 0.786. The fourth-order valence-corrected chi connectivity index (χ4v) is 2.60. The second-order valence-corrected chi connectivity index (χ2v) is 6.33. The van der Waals surface area contributed by atoms with Crippen LogP contribution in [-0.2, 0) is 6.42 Å². The summed E-state index contributed by atoms with van der Waals surface area (Å²) >= 11 is 1.72. The Kier molecular flexibility index (Phi) is 5.96. The highest BCUT2D eigenvalue weighted by molar-refractivity contribution is 7.13. The lowest BCUT2D eigenvalue weighted by Crippen LogP contribution is -2.23. The van der Waals surface area contributed by atoms with Gasteiger partial charge in [0.2, 0.25) is 0 Å². The number of thiazole rings is 1. The van der Waals surface area contributed by atoms with Gasteiger partial charge in [0, 0.05) is 11.9 Å². The van der Waals surface area contributed by atoms with Gasteiger partial charge in [-0.15, -0.1) is 11.3 Å². The lowest BCUT2D eigenvalue weighted by atomic mass is 9.87. The van der Waals surface area contributed by atoms with Crippen molar-refractivity contribution in [2.24, 2.45) is 5.41 Å². The molecule has 2 nitrogen and oxygen atoms in total.